The van der Waals surface area contributed by atoms with E-state index in [1.54, 1.807) is 42.5 Å². The van der Waals surface area contributed by atoms with Gasteiger partial charge < -0.3 is 10.2 Å². The molecule has 0 radical (unpaired) electrons. The molecule has 1 aliphatic rings. The summed E-state index contributed by atoms with van der Waals surface area (Å²) in [4.78, 5) is 28.6. The lowest BCUT2D eigenvalue weighted by Gasteiger charge is -2.34. The van der Waals surface area contributed by atoms with Gasteiger partial charge in [-0.3, -0.25) is 13.9 Å². The van der Waals surface area contributed by atoms with Crippen LogP contribution in [0.2, 0.25) is 10.0 Å². The summed E-state index contributed by atoms with van der Waals surface area (Å²) in [5.74, 6) is -0.796. The zero-order valence-corrected chi connectivity index (χ0v) is 24.8. The Labute approximate surface area is 237 Å². The summed E-state index contributed by atoms with van der Waals surface area (Å²) < 4.78 is 27.2. The minimum absolute atomic E-state index is 0.0358. The molecule has 1 saturated carbocycles. The Kier molecular flexibility index (Phi) is 10.7. The van der Waals surface area contributed by atoms with E-state index in [1.165, 1.54) is 4.90 Å². The highest BCUT2D eigenvalue weighted by Crippen LogP contribution is 2.28. The summed E-state index contributed by atoms with van der Waals surface area (Å²) in [6, 6.07) is 10.9. The molecule has 202 valence electrons. The average Bonchev–Trinajstić information content (AvgIpc) is 2.84. The van der Waals surface area contributed by atoms with Gasteiger partial charge in [0, 0.05) is 32.7 Å². The summed E-state index contributed by atoms with van der Waals surface area (Å²) in [7, 11) is -3.81. The number of hydrogen-bond donors (Lipinski definition) is 1. The number of halogens is 3. The van der Waals surface area contributed by atoms with E-state index in [9.17, 15) is 18.0 Å². The van der Waals surface area contributed by atoms with Crippen molar-refractivity contribution in [2.24, 2.45) is 0 Å². The van der Waals surface area contributed by atoms with Crippen LogP contribution in [0.5, 0.6) is 0 Å². The van der Waals surface area contributed by atoms with Gasteiger partial charge in [0.2, 0.25) is 21.8 Å². The second kappa shape index (κ2) is 13.3. The van der Waals surface area contributed by atoms with Crippen LogP contribution in [0.25, 0.3) is 0 Å². The molecule has 0 aliphatic heterocycles. The minimum atomic E-state index is -3.81. The Balaban J connectivity index is 1.95. The first-order valence-corrected chi connectivity index (χ1v) is 15.7. The number of anilines is 1. The van der Waals surface area contributed by atoms with Crippen LogP contribution in [0.3, 0.4) is 0 Å². The monoisotopic (exact) mass is 631 g/mol. The fourth-order valence-corrected chi connectivity index (χ4v) is 6.17. The Bertz CT molecular complexity index is 1180. The molecule has 0 unspecified atom stereocenters. The Hall–Kier alpha value is -1.81. The second-order valence-corrected chi connectivity index (χ2v) is 12.9. The van der Waals surface area contributed by atoms with Crippen molar-refractivity contribution in [1.82, 2.24) is 10.2 Å². The van der Waals surface area contributed by atoms with E-state index < -0.39 is 28.5 Å². The number of amides is 2. The molecule has 0 heterocycles. The Morgan fingerprint density at radius 2 is 1.65 bits per heavy atom. The van der Waals surface area contributed by atoms with Crippen molar-refractivity contribution in [3.8, 4) is 0 Å². The van der Waals surface area contributed by atoms with Gasteiger partial charge >= 0.3 is 0 Å². The summed E-state index contributed by atoms with van der Waals surface area (Å²) in [5, 5.41) is 3.83. The van der Waals surface area contributed by atoms with Crippen LogP contribution in [0.1, 0.15) is 51.0 Å². The highest BCUT2D eigenvalue weighted by atomic mass is 79.9. The van der Waals surface area contributed by atoms with Crippen LogP contribution in [-0.2, 0) is 26.2 Å². The molecule has 7 nitrogen and oxygen atoms in total. The van der Waals surface area contributed by atoms with E-state index in [0.29, 0.717) is 27.7 Å². The van der Waals surface area contributed by atoms with Crippen molar-refractivity contribution in [2.45, 2.75) is 64.1 Å². The van der Waals surface area contributed by atoms with Crippen LogP contribution in [0, 0.1) is 0 Å². The zero-order chi connectivity index (χ0) is 27.2. The molecule has 11 heteroatoms. The Morgan fingerprint density at radius 1 is 1.05 bits per heavy atom. The van der Waals surface area contributed by atoms with E-state index in [-0.39, 0.29) is 18.5 Å². The first-order valence-electron chi connectivity index (χ1n) is 12.3. The van der Waals surface area contributed by atoms with E-state index in [1.807, 2.05) is 6.92 Å². The number of hydrogen-bond acceptors (Lipinski definition) is 4. The van der Waals surface area contributed by atoms with E-state index in [4.69, 9.17) is 23.2 Å². The highest BCUT2D eigenvalue weighted by Gasteiger charge is 2.33. The second-order valence-electron chi connectivity index (χ2n) is 9.24. The van der Waals surface area contributed by atoms with E-state index >= 15 is 0 Å². The smallest absolute Gasteiger partial charge is 0.244 e. The molecule has 1 fully saturated rings. The normalized spacial score (nSPS) is 15.2. The van der Waals surface area contributed by atoms with Crippen molar-refractivity contribution < 1.29 is 18.0 Å². The molecule has 37 heavy (non-hydrogen) atoms. The van der Waals surface area contributed by atoms with Gasteiger partial charge in [0.1, 0.15) is 12.6 Å². The number of carbonyl (C=O) groups excluding carboxylic acids is 2. The molecule has 1 atom stereocenters. The van der Waals surface area contributed by atoms with Crippen LogP contribution in [-0.4, -0.2) is 50.0 Å². The zero-order valence-electron chi connectivity index (χ0n) is 20.9. The van der Waals surface area contributed by atoms with Crippen molar-refractivity contribution >= 4 is 66.7 Å². The Morgan fingerprint density at radius 3 is 2.19 bits per heavy atom. The number of nitrogens with one attached hydrogen (secondary N) is 1. The lowest BCUT2D eigenvalue weighted by atomic mass is 9.95. The average molecular weight is 633 g/mol. The molecular formula is C26H32BrCl2N3O4S. The predicted octanol–water partition coefficient (Wildman–Crippen LogP) is 5.78. The van der Waals surface area contributed by atoms with Crippen LogP contribution in [0.15, 0.2) is 46.9 Å². The first kappa shape index (κ1) is 29.7. The van der Waals surface area contributed by atoms with Gasteiger partial charge in [-0.2, -0.15) is 0 Å². The fraction of sp³-hybridized carbons (Fsp3) is 0.462. The number of sulfonamides is 1. The molecule has 2 aromatic rings. The summed E-state index contributed by atoms with van der Waals surface area (Å²) in [5.41, 5.74) is 0.840. The van der Waals surface area contributed by atoms with Crippen LogP contribution < -0.4 is 9.62 Å². The number of nitrogens with zero attached hydrogens (tertiary/aromatic N) is 2. The summed E-state index contributed by atoms with van der Waals surface area (Å²) in [6.07, 6.45) is 6.44. The molecule has 0 bridgehead atoms. The van der Waals surface area contributed by atoms with Gasteiger partial charge in [0.25, 0.3) is 0 Å². The lowest BCUT2D eigenvalue weighted by molar-refractivity contribution is -0.140. The molecule has 2 amide bonds. The van der Waals surface area contributed by atoms with Crippen molar-refractivity contribution in [3.05, 3.63) is 62.5 Å². The number of benzene rings is 2. The highest BCUT2D eigenvalue weighted by molar-refractivity contribution is 9.10. The third-order valence-corrected chi connectivity index (χ3v) is 8.90. The molecule has 1 N–H and O–H groups in total. The molecule has 1 aliphatic carbocycles. The molecular weight excluding hydrogens is 601 g/mol. The maximum atomic E-state index is 13.8. The van der Waals surface area contributed by atoms with E-state index in [0.717, 1.165) is 47.1 Å². The van der Waals surface area contributed by atoms with Gasteiger partial charge in [0.15, 0.2) is 0 Å². The lowest BCUT2D eigenvalue weighted by Crippen LogP contribution is -2.54. The quantitative estimate of drug-likeness (QED) is 0.360. The van der Waals surface area contributed by atoms with E-state index in [2.05, 4.69) is 21.2 Å². The molecule has 0 saturated heterocycles. The van der Waals surface area contributed by atoms with Crippen molar-refractivity contribution in [2.75, 3.05) is 17.1 Å². The maximum absolute atomic E-state index is 13.8. The third kappa shape index (κ3) is 8.09. The predicted molar refractivity (Wildman–Crippen MR) is 152 cm³/mol. The van der Waals surface area contributed by atoms with Gasteiger partial charge in [0.05, 0.1) is 11.9 Å². The molecule has 2 aromatic carbocycles. The standard InChI is InChI=1S/C26H32BrCl2N3O4S/c1-3-24(26(34)30-19-8-5-4-6-9-19)31(16-21-22(28)10-7-11-23(21)29)25(33)17-32(37(2,35)36)20-14-12-18(27)13-15-20/h7,10-15,19,24H,3-6,8-9,16-17H2,1-2H3,(H,30,34)/t24-/m0/s1. The van der Waals surface area contributed by atoms with Gasteiger partial charge in [-0.25, -0.2) is 8.42 Å². The summed E-state index contributed by atoms with van der Waals surface area (Å²) >= 11 is 16.2. The van der Waals surface area contributed by atoms with Crippen LogP contribution >= 0.6 is 39.1 Å². The third-order valence-electron chi connectivity index (χ3n) is 6.52. The molecule has 0 spiro atoms. The maximum Gasteiger partial charge on any atom is 0.244 e. The van der Waals surface area contributed by atoms with Gasteiger partial charge in [-0.05, 0) is 55.7 Å². The number of rotatable bonds is 10. The molecule has 0 aromatic heterocycles. The van der Waals surface area contributed by atoms with Gasteiger partial charge in [-0.15, -0.1) is 0 Å². The SMILES string of the molecule is CC[C@@H](C(=O)NC1CCCCC1)N(Cc1c(Cl)cccc1Cl)C(=O)CN(c1ccc(Br)cc1)S(C)(=O)=O. The topological polar surface area (TPSA) is 86.8 Å². The first-order chi connectivity index (χ1) is 17.5. The number of carbonyl (C=O) groups is 2. The van der Waals surface area contributed by atoms with Crippen molar-refractivity contribution in [1.29, 1.82) is 0 Å². The largest absolute Gasteiger partial charge is 0.352 e. The fourth-order valence-electron chi connectivity index (χ4n) is 4.54. The summed E-state index contributed by atoms with van der Waals surface area (Å²) in [6.45, 7) is 1.31. The van der Waals surface area contributed by atoms with Crippen LogP contribution in [0.4, 0.5) is 5.69 Å². The van der Waals surface area contributed by atoms with Crippen molar-refractivity contribution in [3.63, 3.8) is 0 Å². The molecule has 3 rings (SSSR count). The minimum Gasteiger partial charge on any atom is -0.352 e. The van der Waals surface area contributed by atoms with Gasteiger partial charge in [-0.1, -0.05) is 71.4 Å².